The zero-order valence-corrected chi connectivity index (χ0v) is 9.80. The molecule has 1 unspecified atom stereocenters. The summed E-state index contributed by atoms with van der Waals surface area (Å²) in [5.41, 5.74) is 0. The standard InChI is InChI=1S/C10H22F2N2/c1-8(2)14(5)9(6-10(11)12)7-13(3)4/h8-10H,6-7H2,1-5H3. The first kappa shape index (κ1) is 13.8. The third-order valence-corrected chi connectivity index (χ3v) is 2.42. The van der Waals surface area contributed by atoms with E-state index in [1.54, 1.807) is 0 Å². The highest BCUT2D eigenvalue weighted by Crippen LogP contribution is 2.12. The molecule has 0 bridgehead atoms. The molecule has 0 aliphatic rings. The van der Waals surface area contributed by atoms with Crippen molar-refractivity contribution in [1.29, 1.82) is 0 Å². The lowest BCUT2D eigenvalue weighted by molar-refractivity contribution is 0.0680. The van der Waals surface area contributed by atoms with E-state index in [0.29, 0.717) is 12.6 Å². The first-order valence-electron chi connectivity index (χ1n) is 4.99. The lowest BCUT2D eigenvalue weighted by atomic mass is 10.1. The Morgan fingerprint density at radius 2 is 1.57 bits per heavy atom. The van der Waals surface area contributed by atoms with Crippen molar-refractivity contribution in [2.45, 2.75) is 38.8 Å². The van der Waals surface area contributed by atoms with Crippen molar-refractivity contribution in [2.24, 2.45) is 0 Å². The lowest BCUT2D eigenvalue weighted by Crippen LogP contribution is -2.44. The Hall–Kier alpha value is -0.220. The van der Waals surface area contributed by atoms with E-state index < -0.39 is 6.43 Å². The Kier molecular flexibility index (Phi) is 6.20. The molecule has 0 aliphatic heterocycles. The highest BCUT2D eigenvalue weighted by molar-refractivity contribution is 4.74. The van der Waals surface area contributed by atoms with Crippen LogP contribution in [0.3, 0.4) is 0 Å². The Bertz CT molecular complexity index is 139. The molecule has 14 heavy (non-hydrogen) atoms. The van der Waals surface area contributed by atoms with Crippen molar-refractivity contribution in [3.63, 3.8) is 0 Å². The molecule has 4 heteroatoms. The highest BCUT2D eigenvalue weighted by atomic mass is 19.3. The van der Waals surface area contributed by atoms with E-state index in [4.69, 9.17) is 0 Å². The van der Waals surface area contributed by atoms with Crippen LogP contribution in [0.15, 0.2) is 0 Å². The van der Waals surface area contributed by atoms with Gasteiger partial charge in [-0.2, -0.15) is 0 Å². The molecule has 0 amide bonds. The van der Waals surface area contributed by atoms with Crippen LogP contribution in [0.2, 0.25) is 0 Å². The number of nitrogens with zero attached hydrogens (tertiary/aromatic N) is 2. The SMILES string of the molecule is CC(C)N(C)C(CC(F)F)CN(C)C. The summed E-state index contributed by atoms with van der Waals surface area (Å²) in [7, 11) is 5.72. The van der Waals surface area contributed by atoms with E-state index in [1.165, 1.54) is 0 Å². The lowest BCUT2D eigenvalue weighted by Gasteiger charge is -2.33. The van der Waals surface area contributed by atoms with Gasteiger partial charge < -0.3 is 4.90 Å². The van der Waals surface area contributed by atoms with E-state index in [-0.39, 0.29) is 12.5 Å². The molecule has 0 saturated heterocycles. The van der Waals surface area contributed by atoms with Gasteiger partial charge in [0.1, 0.15) is 0 Å². The van der Waals surface area contributed by atoms with Gasteiger partial charge in [0.05, 0.1) is 0 Å². The van der Waals surface area contributed by atoms with Crippen molar-refractivity contribution < 1.29 is 8.78 Å². The van der Waals surface area contributed by atoms with Gasteiger partial charge in [-0.25, -0.2) is 8.78 Å². The monoisotopic (exact) mass is 208 g/mol. The minimum absolute atomic E-state index is 0.0488. The second-order valence-corrected chi connectivity index (χ2v) is 4.30. The van der Waals surface area contributed by atoms with Crippen LogP contribution in [0, 0.1) is 0 Å². The number of hydrogen-bond acceptors (Lipinski definition) is 2. The molecule has 0 aromatic carbocycles. The molecule has 86 valence electrons. The average molecular weight is 208 g/mol. The smallest absolute Gasteiger partial charge is 0.240 e. The molecule has 0 aliphatic carbocycles. The first-order valence-corrected chi connectivity index (χ1v) is 4.99. The maximum Gasteiger partial charge on any atom is 0.240 e. The number of hydrogen-bond donors (Lipinski definition) is 0. The molecule has 0 aromatic rings. The van der Waals surface area contributed by atoms with Crippen molar-refractivity contribution >= 4 is 0 Å². The third kappa shape index (κ3) is 5.50. The summed E-state index contributed by atoms with van der Waals surface area (Å²) in [5.74, 6) is 0. The van der Waals surface area contributed by atoms with Crippen LogP contribution in [-0.2, 0) is 0 Å². The summed E-state index contributed by atoms with van der Waals surface area (Å²) in [6, 6.07) is 0.240. The number of likely N-dealkylation sites (N-methyl/N-ethyl adjacent to an activating group) is 2. The van der Waals surface area contributed by atoms with Gasteiger partial charge in [-0.3, -0.25) is 4.90 Å². The second-order valence-electron chi connectivity index (χ2n) is 4.30. The van der Waals surface area contributed by atoms with Gasteiger partial charge in [-0.1, -0.05) is 0 Å². The van der Waals surface area contributed by atoms with Crippen molar-refractivity contribution in [1.82, 2.24) is 9.80 Å². The van der Waals surface area contributed by atoms with Crippen LogP contribution < -0.4 is 0 Å². The summed E-state index contributed by atoms with van der Waals surface area (Å²) < 4.78 is 24.6. The first-order chi connectivity index (χ1) is 6.34. The maximum atomic E-state index is 12.3. The van der Waals surface area contributed by atoms with Crippen LogP contribution >= 0.6 is 0 Å². The summed E-state index contributed by atoms with van der Waals surface area (Å²) >= 11 is 0. The maximum absolute atomic E-state index is 12.3. The molecule has 1 atom stereocenters. The van der Waals surface area contributed by atoms with Gasteiger partial charge in [0.15, 0.2) is 0 Å². The number of alkyl halides is 2. The Morgan fingerprint density at radius 3 is 1.86 bits per heavy atom. The van der Waals surface area contributed by atoms with Crippen LogP contribution in [-0.4, -0.2) is 56.0 Å². The third-order valence-electron chi connectivity index (χ3n) is 2.42. The van der Waals surface area contributed by atoms with E-state index in [1.807, 2.05) is 44.8 Å². The zero-order valence-electron chi connectivity index (χ0n) is 9.80. The molecule has 2 nitrogen and oxygen atoms in total. The van der Waals surface area contributed by atoms with E-state index >= 15 is 0 Å². The van der Waals surface area contributed by atoms with Gasteiger partial charge in [0, 0.05) is 25.0 Å². The van der Waals surface area contributed by atoms with Gasteiger partial charge >= 0.3 is 0 Å². The van der Waals surface area contributed by atoms with E-state index in [0.717, 1.165) is 0 Å². The minimum atomic E-state index is -2.22. The summed E-state index contributed by atoms with van der Waals surface area (Å²) in [6.07, 6.45) is -2.27. The van der Waals surface area contributed by atoms with Crippen LogP contribution in [0.4, 0.5) is 8.78 Å². The number of rotatable bonds is 6. The summed E-state index contributed by atoms with van der Waals surface area (Å²) in [5, 5.41) is 0. The Labute approximate surface area is 85.9 Å². The quantitative estimate of drug-likeness (QED) is 0.658. The molecule has 0 saturated carbocycles. The summed E-state index contributed by atoms with van der Waals surface area (Å²) in [6.45, 7) is 4.72. The molecule has 0 rings (SSSR count). The Morgan fingerprint density at radius 1 is 1.07 bits per heavy atom. The van der Waals surface area contributed by atoms with Gasteiger partial charge in [-0.15, -0.1) is 0 Å². The molecule has 0 heterocycles. The molecule has 0 fully saturated rings. The van der Waals surface area contributed by atoms with Gasteiger partial charge in [0.25, 0.3) is 0 Å². The second kappa shape index (κ2) is 6.30. The van der Waals surface area contributed by atoms with Gasteiger partial charge in [-0.05, 0) is 35.0 Å². The Balaban J connectivity index is 4.22. The van der Waals surface area contributed by atoms with Crippen LogP contribution in [0.25, 0.3) is 0 Å². The molecule has 0 spiro atoms. The summed E-state index contributed by atoms with van der Waals surface area (Å²) in [4.78, 5) is 3.96. The largest absolute Gasteiger partial charge is 0.308 e. The predicted molar refractivity (Wildman–Crippen MR) is 55.9 cm³/mol. The highest BCUT2D eigenvalue weighted by Gasteiger charge is 2.21. The normalized spacial score (nSPS) is 14.8. The van der Waals surface area contributed by atoms with Crippen LogP contribution in [0.1, 0.15) is 20.3 Å². The molecule has 0 radical (unpaired) electrons. The fourth-order valence-electron chi connectivity index (χ4n) is 1.42. The molecule has 0 N–H and O–H groups in total. The fraction of sp³-hybridized carbons (Fsp3) is 1.00. The molecular formula is C10H22F2N2. The fourth-order valence-corrected chi connectivity index (χ4v) is 1.42. The van der Waals surface area contributed by atoms with Crippen molar-refractivity contribution in [3.8, 4) is 0 Å². The van der Waals surface area contributed by atoms with Crippen molar-refractivity contribution in [3.05, 3.63) is 0 Å². The molecular weight excluding hydrogens is 186 g/mol. The van der Waals surface area contributed by atoms with Crippen LogP contribution in [0.5, 0.6) is 0 Å². The van der Waals surface area contributed by atoms with E-state index in [2.05, 4.69) is 0 Å². The van der Waals surface area contributed by atoms with Gasteiger partial charge in [0.2, 0.25) is 6.43 Å². The topological polar surface area (TPSA) is 6.48 Å². The molecule has 0 aromatic heterocycles. The zero-order chi connectivity index (χ0) is 11.3. The van der Waals surface area contributed by atoms with E-state index in [9.17, 15) is 8.78 Å². The minimum Gasteiger partial charge on any atom is -0.308 e. The predicted octanol–water partition coefficient (Wildman–Crippen LogP) is 1.91. The van der Waals surface area contributed by atoms with Crippen molar-refractivity contribution in [2.75, 3.05) is 27.7 Å². The average Bonchev–Trinajstić information content (AvgIpc) is 1.99. The number of halogens is 2.